The smallest absolute Gasteiger partial charge is 0.407 e. The van der Waals surface area contributed by atoms with Gasteiger partial charge >= 0.3 is 12.1 Å². The summed E-state index contributed by atoms with van der Waals surface area (Å²) in [4.78, 5) is 61.1. The second-order valence-electron chi connectivity index (χ2n) is 12.1. The summed E-state index contributed by atoms with van der Waals surface area (Å²) in [6.07, 6.45) is 4.19. The van der Waals surface area contributed by atoms with Crippen LogP contribution in [0, 0.1) is 10.1 Å². The lowest BCUT2D eigenvalue weighted by atomic mass is 9.99. The van der Waals surface area contributed by atoms with Crippen LogP contribution in [0.1, 0.15) is 60.2 Å². The Kier molecular flexibility index (Phi) is 17.5. The quantitative estimate of drug-likeness (QED) is 0.0598. The van der Waals surface area contributed by atoms with Gasteiger partial charge in [-0.05, 0) is 37.4 Å². The Morgan fingerprint density at radius 1 is 1.08 bits per heavy atom. The zero-order chi connectivity index (χ0) is 37.2. The number of alkyl carbamates (subject to hydrolysis) is 1. The Hall–Kier alpha value is -4.34. The fourth-order valence-corrected chi connectivity index (χ4v) is 6.58. The SMILES string of the molecule is CN/C(=C\[N+](=O)[O-])NCC[C@H](NC(=O)N(C)Cc1csc(C(C)C)n1)C(=O)N[C@@H](CC[C@@H](CP)NC(=O)OCc1cncs1)Cc1ccccc1. The standard InChI is InChI=1S/C33H48N9O6PS2/c1-22(2)31-38-26(20-50-31)16-41(4)32(44)40-28(12-13-36-29(34-3)17-42(46)47)30(43)37-24(14-23-8-6-5-7-9-23)10-11-25(19-49)39-33(45)48-18-27-15-35-21-51-27/h5-9,15,17,20-22,24-25,28,34,36H,10-14,16,18-19,49H2,1-4H3,(H,37,43)(H,39,45)(H,40,44)/b29-17+/t24-,25-,28-/m0/s1. The lowest BCUT2D eigenvalue weighted by Gasteiger charge is -2.27. The molecule has 0 fully saturated rings. The second-order valence-corrected chi connectivity index (χ2v) is 14.4. The van der Waals surface area contributed by atoms with Gasteiger partial charge in [0, 0.05) is 50.2 Å². The Morgan fingerprint density at radius 2 is 1.82 bits per heavy atom. The molecule has 2 aromatic heterocycles. The summed E-state index contributed by atoms with van der Waals surface area (Å²) >= 11 is 2.94. The van der Waals surface area contributed by atoms with Gasteiger partial charge in [0.15, 0.2) is 5.82 Å². The Balaban J connectivity index is 1.71. The summed E-state index contributed by atoms with van der Waals surface area (Å²) < 4.78 is 5.35. The maximum Gasteiger partial charge on any atom is 0.407 e. The van der Waals surface area contributed by atoms with E-state index in [9.17, 15) is 24.5 Å². The van der Waals surface area contributed by atoms with E-state index in [4.69, 9.17) is 4.74 Å². The highest BCUT2D eigenvalue weighted by Crippen LogP contribution is 2.20. The number of carbonyl (C=O) groups excluding carboxylic acids is 3. The number of nitrogens with zero attached hydrogens (tertiary/aromatic N) is 4. The number of benzene rings is 1. The highest BCUT2D eigenvalue weighted by molar-refractivity contribution is 7.16. The normalized spacial score (nSPS) is 13.1. The molecule has 0 aliphatic heterocycles. The van der Waals surface area contributed by atoms with E-state index in [-0.39, 0.29) is 49.9 Å². The van der Waals surface area contributed by atoms with E-state index in [1.807, 2.05) is 35.7 Å². The fraction of sp³-hybridized carbons (Fsp3) is 0.485. The molecule has 0 saturated carbocycles. The van der Waals surface area contributed by atoms with Crippen molar-refractivity contribution in [2.24, 2.45) is 0 Å². The van der Waals surface area contributed by atoms with Crippen LogP contribution < -0.4 is 26.6 Å². The summed E-state index contributed by atoms with van der Waals surface area (Å²) in [5.74, 6) is 0.0266. The molecule has 0 saturated heterocycles. The largest absolute Gasteiger partial charge is 0.444 e. The van der Waals surface area contributed by atoms with Crippen LogP contribution in [0.3, 0.4) is 0 Å². The zero-order valence-electron chi connectivity index (χ0n) is 29.3. The molecule has 278 valence electrons. The minimum absolute atomic E-state index is 0.129. The van der Waals surface area contributed by atoms with Crippen molar-refractivity contribution in [3.05, 3.63) is 90.7 Å². The number of hydrogen-bond acceptors (Lipinski definition) is 12. The van der Waals surface area contributed by atoms with Crippen molar-refractivity contribution >= 4 is 49.9 Å². The van der Waals surface area contributed by atoms with E-state index in [0.29, 0.717) is 25.4 Å². The number of urea groups is 1. The molecule has 0 radical (unpaired) electrons. The van der Waals surface area contributed by atoms with Crippen LogP contribution in [-0.4, -0.2) is 82.8 Å². The van der Waals surface area contributed by atoms with E-state index in [2.05, 4.69) is 59.6 Å². The predicted octanol–water partition coefficient (Wildman–Crippen LogP) is 4.19. The number of rotatable bonds is 21. The average molecular weight is 762 g/mol. The number of nitro groups is 1. The number of thiazole rings is 2. The third-order valence-corrected chi connectivity index (χ3v) is 10.2. The van der Waals surface area contributed by atoms with Gasteiger partial charge in [-0.3, -0.25) is 19.9 Å². The molecule has 1 unspecified atom stereocenters. The number of carbonyl (C=O) groups is 3. The first-order chi connectivity index (χ1) is 24.5. The highest BCUT2D eigenvalue weighted by atomic mass is 32.1. The van der Waals surface area contributed by atoms with Crippen LogP contribution in [0.5, 0.6) is 0 Å². The number of nitrogens with one attached hydrogen (secondary N) is 5. The molecule has 4 amide bonds. The first-order valence-corrected chi connectivity index (χ1v) is 19.1. The molecule has 1 aromatic carbocycles. The monoisotopic (exact) mass is 761 g/mol. The van der Waals surface area contributed by atoms with Crippen molar-refractivity contribution in [3.63, 3.8) is 0 Å². The van der Waals surface area contributed by atoms with Gasteiger partial charge < -0.3 is 36.2 Å². The van der Waals surface area contributed by atoms with E-state index in [1.165, 1.54) is 27.6 Å². The van der Waals surface area contributed by atoms with Gasteiger partial charge in [-0.1, -0.05) is 44.2 Å². The van der Waals surface area contributed by atoms with Gasteiger partial charge in [0.05, 0.1) is 32.6 Å². The highest BCUT2D eigenvalue weighted by Gasteiger charge is 2.26. The van der Waals surface area contributed by atoms with E-state index < -0.39 is 29.0 Å². The van der Waals surface area contributed by atoms with Gasteiger partial charge in [-0.2, -0.15) is 0 Å². The third-order valence-electron chi connectivity index (χ3n) is 7.65. The van der Waals surface area contributed by atoms with Gasteiger partial charge in [0.25, 0.3) is 6.20 Å². The second kappa shape index (κ2) is 21.8. The van der Waals surface area contributed by atoms with Crippen LogP contribution in [-0.2, 0) is 29.1 Å². The van der Waals surface area contributed by atoms with Gasteiger partial charge in [0.2, 0.25) is 5.91 Å². The van der Waals surface area contributed by atoms with Crippen molar-refractivity contribution in [2.75, 3.05) is 26.8 Å². The molecule has 0 aliphatic carbocycles. The van der Waals surface area contributed by atoms with Crippen molar-refractivity contribution in [1.82, 2.24) is 41.5 Å². The molecule has 0 spiro atoms. The average Bonchev–Trinajstić information content (AvgIpc) is 3.81. The molecule has 18 heteroatoms. The molecule has 15 nitrogen and oxygen atoms in total. The van der Waals surface area contributed by atoms with Crippen LogP contribution in [0.25, 0.3) is 0 Å². The van der Waals surface area contributed by atoms with E-state index >= 15 is 0 Å². The van der Waals surface area contributed by atoms with Gasteiger partial charge in [-0.15, -0.1) is 31.9 Å². The first kappa shape index (κ1) is 41.1. The first-order valence-electron chi connectivity index (χ1n) is 16.5. The summed E-state index contributed by atoms with van der Waals surface area (Å²) in [5, 5.41) is 28.4. The summed E-state index contributed by atoms with van der Waals surface area (Å²) in [6, 6.07) is 7.71. The number of aromatic nitrogens is 2. The number of hydrogen-bond donors (Lipinski definition) is 5. The molecule has 2 heterocycles. The number of amides is 4. The van der Waals surface area contributed by atoms with Crippen molar-refractivity contribution in [2.45, 2.75) is 76.7 Å². The molecule has 5 N–H and O–H groups in total. The van der Waals surface area contributed by atoms with Crippen LogP contribution in [0.4, 0.5) is 9.59 Å². The minimum atomic E-state index is -0.974. The Labute approximate surface area is 308 Å². The predicted molar refractivity (Wildman–Crippen MR) is 202 cm³/mol. The van der Waals surface area contributed by atoms with Crippen LogP contribution in [0.15, 0.2) is 59.4 Å². The van der Waals surface area contributed by atoms with Gasteiger partial charge in [0.1, 0.15) is 12.6 Å². The maximum absolute atomic E-state index is 13.9. The number of ether oxygens (including phenoxy) is 1. The van der Waals surface area contributed by atoms with Crippen molar-refractivity contribution < 1.29 is 24.0 Å². The van der Waals surface area contributed by atoms with E-state index in [1.54, 1.807) is 25.8 Å². The molecular weight excluding hydrogens is 714 g/mol. The topological polar surface area (TPSA) is 193 Å². The Morgan fingerprint density at radius 3 is 2.45 bits per heavy atom. The fourth-order valence-electron chi connectivity index (χ4n) is 4.89. The molecule has 3 rings (SSSR count). The molecular formula is C33H48N9O6PS2. The summed E-state index contributed by atoms with van der Waals surface area (Å²) in [7, 11) is 5.81. The van der Waals surface area contributed by atoms with E-state index in [0.717, 1.165) is 27.3 Å². The van der Waals surface area contributed by atoms with Crippen molar-refractivity contribution in [3.8, 4) is 0 Å². The molecule has 0 bridgehead atoms. The van der Waals surface area contributed by atoms with Crippen molar-refractivity contribution in [1.29, 1.82) is 0 Å². The van der Waals surface area contributed by atoms with Crippen LogP contribution >= 0.6 is 31.9 Å². The zero-order valence-corrected chi connectivity index (χ0v) is 32.1. The lowest BCUT2D eigenvalue weighted by molar-refractivity contribution is -0.404. The van der Waals surface area contributed by atoms with Gasteiger partial charge in [-0.25, -0.2) is 14.6 Å². The molecule has 0 aliphatic rings. The minimum Gasteiger partial charge on any atom is -0.444 e. The Bertz CT molecular complexity index is 1560. The summed E-state index contributed by atoms with van der Waals surface area (Å²) in [6.45, 7) is 4.64. The molecule has 4 atom stereocenters. The lowest BCUT2D eigenvalue weighted by Crippen LogP contribution is -2.53. The maximum atomic E-state index is 13.9. The molecule has 51 heavy (non-hydrogen) atoms. The molecule has 3 aromatic rings. The third kappa shape index (κ3) is 15.2. The summed E-state index contributed by atoms with van der Waals surface area (Å²) in [5.41, 5.74) is 3.43. The van der Waals surface area contributed by atoms with Crippen LogP contribution in [0.2, 0.25) is 0 Å².